The van der Waals surface area contributed by atoms with Crippen LogP contribution in [0.3, 0.4) is 0 Å². The van der Waals surface area contributed by atoms with Crippen LogP contribution in [0.1, 0.15) is 59.6 Å². The Bertz CT molecular complexity index is 1120. The third-order valence-corrected chi connectivity index (χ3v) is 7.22. The Morgan fingerprint density at radius 3 is 2.70 bits per heavy atom. The Morgan fingerprint density at radius 2 is 1.88 bits per heavy atom. The molecule has 2 aliphatic rings. The SMILES string of the molecule is COC(=O)c1ccccc1COC1CCC([C@@H](O)CC2c3ccccc3-c3cncn32)CC1. The maximum absolute atomic E-state index is 12.0. The van der Waals surface area contributed by atoms with Crippen LogP contribution in [-0.4, -0.2) is 39.9 Å². The molecule has 0 saturated heterocycles. The fraction of sp³-hybridized carbons (Fsp3) is 0.407. The summed E-state index contributed by atoms with van der Waals surface area (Å²) in [4.78, 5) is 16.3. The number of carbonyl (C=O) groups excluding carboxylic acids is 1. The highest BCUT2D eigenvalue weighted by molar-refractivity contribution is 5.90. The number of benzene rings is 2. The van der Waals surface area contributed by atoms with E-state index in [4.69, 9.17) is 9.47 Å². The van der Waals surface area contributed by atoms with E-state index >= 15 is 0 Å². The topological polar surface area (TPSA) is 73.6 Å². The van der Waals surface area contributed by atoms with E-state index in [0.29, 0.717) is 18.6 Å². The number of aliphatic hydroxyl groups excluding tert-OH is 1. The molecule has 6 nitrogen and oxygen atoms in total. The molecule has 0 spiro atoms. The summed E-state index contributed by atoms with van der Waals surface area (Å²) < 4.78 is 13.2. The summed E-state index contributed by atoms with van der Waals surface area (Å²) in [6.07, 6.45) is 7.98. The number of carbonyl (C=O) groups is 1. The average Bonchev–Trinajstić information content (AvgIpc) is 3.45. The monoisotopic (exact) mass is 446 g/mol. The zero-order valence-electron chi connectivity index (χ0n) is 18.9. The maximum atomic E-state index is 12.0. The Hall–Kier alpha value is -2.96. The highest BCUT2D eigenvalue weighted by Crippen LogP contribution is 2.42. The smallest absolute Gasteiger partial charge is 0.338 e. The molecule has 1 aliphatic carbocycles. The summed E-state index contributed by atoms with van der Waals surface area (Å²) in [5.74, 6) is -0.0671. The van der Waals surface area contributed by atoms with Crippen molar-refractivity contribution in [1.29, 1.82) is 0 Å². The van der Waals surface area contributed by atoms with Crippen molar-refractivity contribution in [2.24, 2.45) is 5.92 Å². The van der Waals surface area contributed by atoms with Crippen LogP contribution < -0.4 is 0 Å². The van der Waals surface area contributed by atoms with E-state index in [2.05, 4.69) is 33.8 Å². The lowest BCUT2D eigenvalue weighted by Crippen LogP contribution is -2.30. The molecule has 6 heteroatoms. The van der Waals surface area contributed by atoms with E-state index in [0.717, 1.165) is 36.9 Å². The molecule has 5 rings (SSSR count). The zero-order chi connectivity index (χ0) is 22.8. The molecule has 1 unspecified atom stereocenters. The highest BCUT2D eigenvalue weighted by atomic mass is 16.5. The molecule has 1 saturated carbocycles. The van der Waals surface area contributed by atoms with Crippen LogP contribution in [0.5, 0.6) is 0 Å². The van der Waals surface area contributed by atoms with Crippen LogP contribution in [0.2, 0.25) is 0 Å². The highest BCUT2D eigenvalue weighted by Gasteiger charge is 2.33. The molecular weight excluding hydrogens is 416 g/mol. The third kappa shape index (κ3) is 4.33. The van der Waals surface area contributed by atoms with Gasteiger partial charge in [-0.05, 0) is 55.2 Å². The van der Waals surface area contributed by atoms with Gasteiger partial charge in [0.1, 0.15) is 0 Å². The van der Waals surface area contributed by atoms with Crippen LogP contribution in [0.15, 0.2) is 61.1 Å². The number of imidazole rings is 1. The van der Waals surface area contributed by atoms with Crippen molar-refractivity contribution in [3.8, 4) is 11.3 Å². The first-order chi connectivity index (χ1) is 16.2. The molecular formula is C27H30N2O4. The molecule has 1 fully saturated rings. The normalized spacial score (nSPS) is 22.4. The minimum atomic E-state index is -0.364. The van der Waals surface area contributed by atoms with Crippen LogP contribution in [0.4, 0.5) is 0 Å². The first kappa shape index (κ1) is 21.9. The molecule has 3 aromatic rings. The summed E-state index contributed by atoms with van der Waals surface area (Å²) in [7, 11) is 1.39. The van der Waals surface area contributed by atoms with Gasteiger partial charge in [-0.3, -0.25) is 0 Å². The van der Waals surface area contributed by atoms with Gasteiger partial charge >= 0.3 is 5.97 Å². The van der Waals surface area contributed by atoms with Crippen molar-refractivity contribution in [2.45, 2.75) is 57.0 Å². The minimum Gasteiger partial charge on any atom is -0.465 e. The van der Waals surface area contributed by atoms with E-state index in [1.807, 2.05) is 30.7 Å². The summed E-state index contributed by atoms with van der Waals surface area (Å²) in [6, 6.07) is 16.0. The standard InChI is InChI=1S/C27H30N2O4/c1-32-27(31)21-7-3-2-6-19(21)16-33-20-12-10-18(11-13-20)26(30)14-24-22-8-4-5-9-23(22)25-15-28-17-29(24)25/h2-9,15,17-18,20,24,26,30H,10-14,16H2,1H3/t18?,20?,24?,26-/m0/s1. The Morgan fingerprint density at radius 1 is 1.12 bits per heavy atom. The molecule has 33 heavy (non-hydrogen) atoms. The Labute approximate surface area is 194 Å². The molecule has 2 heterocycles. The first-order valence-corrected chi connectivity index (χ1v) is 11.7. The summed E-state index contributed by atoms with van der Waals surface area (Å²) in [5, 5.41) is 11.1. The number of fused-ring (bicyclic) bond motifs is 3. The zero-order valence-corrected chi connectivity index (χ0v) is 18.9. The van der Waals surface area contributed by atoms with E-state index in [-0.39, 0.29) is 30.1 Å². The number of ether oxygens (including phenoxy) is 2. The second-order valence-electron chi connectivity index (χ2n) is 9.09. The van der Waals surface area contributed by atoms with Gasteiger partial charge in [-0.2, -0.15) is 0 Å². The molecule has 0 bridgehead atoms. The predicted octanol–water partition coefficient (Wildman–Crippen LogP) is 4.77. The number of aliphatic hydroxyl groups is 1. The lowest BCUT2D eigenvalue weighted by atomic mass is 9.81. The number of esters is 1. The number of nitrogens with zero attached hydrogens (tertiary/aromatic N) is 2. The molecule has 1 N–H and O–H groups in total. The van der Waals surface area contributed by atoms with Gasteiger partial charge in [-0.25, -0.2) is 9.78 Å². The van der Waals surface area contributed by atoms with Crippen LogP contribution in [0.25, 0.3) is 11.3 Å². The third-order valence-electron chi connectivity index (χ3n) is 7.22. The van der Waals surface area contributed by atoms with Gasteiger partial charge in [-0.15, -0.1) is 0 Å². The lowest BCUT2D eigenvalue weighted by Gasteiger charge is -2.33. The van der Waals surface area contributed by atoms with E-state index < -0.39 is 0 Å². The predicted molar refractivity (Wildman–Crippen MR) is 125 cm³/mol. The number of hydrogen-bond donors (Lipinski definition) is 1. The van der Waals surface area contributed by atoms with Crippen molar-refractivity contribution in [3.05, 3.63) is 77.7 Å². The van der Waals surface area contributed by atoms with Gasteiger partial charge in [0.2, 0.25) is 0 Å². The first-order valence-electron chi connectivity index (χ1n) is 11.7. The molecule has 0 amide bonds. The van der Waals surface area contributed by atoms with Crippen LogP contribution in [0, 0.1) is 5.92 Å². The number of hydrogen-bond acceptors (Lipinski definition) is 5. The summed E-state index contributed by atoms with van der Waals surface area (Å²) in [6.45, 7) is 0.394. The number of rotatable bonds is 7. The Balaban J connectivity index is 1.16. The van der Waals surface area contributed by atoms with Gasteiger partial charge in [-0.1, -0.05) is 42.5 Å². The van der Waals surface area contributed by atoms with Crippen molar-refractivity contribution in [1.82, 2.24) is 9.55 Å². The molecule has 2 aromatic carbocycles. The second-order valence-corrected chi connectivity index (χ2v) is 9.09. The quantitative estimate of drug-likeness (QED) is 0.530. The van der Waals surface area contributed by atoms with Gasteiger partial charge in [0.05, 0.1) is 55.7 Å². The van der Waals surface area contributed by atoms with Gasteiger partial charge < -0.3 is 19.1 Å². The van der Waals surface area contributed by atoms with Crippen LogP contribution in [-0.2, 0) is 16.1 Å². The molecule has 0 radical (unpaired) electrons. The lowest BCUT2D eigenvalue weighted by molar-refractivity contribution is -0.0163. The molecule has 172 valence electrons. The van der Waals surface area contributed by atoms with Gasteiger partial charge in [0.15, 0.2) is 0 Å². The van der Waals surface area contributed by atoms with Crippen molar-refractivity contribution in [3.63, 3.8) is 0 Å². The minimum absolute atomic E-state index is 0.137. The molecule has 1 aliphatic heterocycles. The number of methoxy groups -OCH3 is 1. The van der Waals surface area contributed by atoms with E-state index in [9.17, 15) is 9.90 Å². The molecule has 1 aromatic heterocycles. The van der Waals surface area contributed by atoms with Crippen molar-refractivity contribution >= 4 is 5.97 Å². The number of aromatic nitrogens is 2. The fourth-order valence-electron chi connectivity index (χ4n) is 5.40. The van der Waals surface area contributed by atoms with E-state index in [1.54, 1.807) is 6.07 Å². The summed E-state index contributed by atoms with van der Waals surface area (Å²) >= 11 is 0. The Kier molecular flexibility index (Phi) is 6.29. The van der Waals surface area contributed by atoms with Crippen molar-refractivity contribution in [2.75, 3.05) is 7.11 Å². The summed E-state index contributed by atoms with van der Waals surface area (Å²) in [5.41, 5.74) is 5.03. The molecule has 2 atom stereocenters. The van der Waals surface area contributed by atoms with Crippen LogP contribution >= 0.6 is 0 Å². The van der Waals surface area contributed by atoms with E-state index in [1.165, 1.54) is 18.2 Å². The van der Waals surface area contributed by atoms with Crippen molar-refractivity contribution < 1.29 is 19.4 Å². The second kappa shape index (κ2) is 9.49. The average molecular weight is 447 g/mol. The maximum Gasteiger partial charge on any atom is 0.338 e. The van der Waals surface area contributed by atoms with Gasteiger partial charge in [0.25, 0.3) is 0 Å². The largest absolute Gasteiger partial charge is 0.465 e. The fourth-order valence-corrected chi connectivity index (χ4v) is 5.40. The van der Waals surface area contributed by atoms with Gasteiger partial charge in [0, 0.05) is 5.56 Å².